The fourth-order valence-electron chi connectivity index (χ4n) is 3.69. The number of amides is 1. The molecule has 2 aromatic carbocycles. The number of hydrogen-bond donors (Lipinski definition) is 1. The standard InChI is InChI=1S/C22H21ClFN3O2/c23-18-4-6-20(7-5-18)27-15-16(14-26-27)13-25-21(28)22(8-10-29-11-9-22)17-2-1-3-19(24)12-17/h1-7,12,14-15H,8-11,13H2,(H,25,28). The van der Waals surface area contributed by atoms with E-state index in [-0.39, 0.29) is 11.7 Å². The molecular formula is C22H21ClFN3O2. The molecule has 1 N–H and O–H groups in total. The van der Waals surface area contributed by atoms with Crippen LogP contribution in [0.2, 0.25) is 5.02 Å². The summed E-state index contributed by atoms with van der Waals surface area (Å²) in [7, 11) is 0. The number of carbonyl (C=O) groups excluding carboxylic acids is 1. The third kappa shape index (κ3) is 4.18. The van der Waals surface area contributed by atoms with Gasteiger partial charge in [-0.2, -0.15) is 5.10 Å². The topological polar surface area (TPSA) is 56.2 Å². The van der Waals surface area contributed by atoms with Crippen molar-refractivity contribution < 1.29 is 13.9 Å². The lowest BCUT2D eigenvalue weighted by atomic mass is 9.73. The van der Waals surface area contributed by atoms with Gasteiger partial charge in [0.1, 0.15) is 5.82 Å². The van der Waals surface area contributed by atoms with Crippen molar-refractivity contribution in [2.45, 2.75) is 24.8 Å². The van der Waals surface area contributed by atoms with E-state index >= 15 is 0 Å². The zero-order valence-electron chi connectivity index (χ0n) is 15.8. The molecule has 0 aliphatic carbocycles. The Balaban J connectivity index is 1.49. The zero-order valence-corrected chi connectivity index (χ0v) is 16.5. The Hall–Kier alpha value is -2.70. The molecular weight excluding hydrogens is 393 g/mol. The second-order valence-electron chi connectivity index (χ2n) is 7.16. The van der Waals surface area contributed by atoms with E-state index in [1.54, 1.807) is 29.1 Å². The molecule has 4 rings (SSSR count). The number of nitrogens with zero attached hydrogens (tertiary/aromatic N) is 2. The fourth-order valence-corrected chi connectivity index (χ4v) is 3.82. The lowest BCUT2D eigenvalue weighted by Crippen LogP contribution is -2.47. The molecule has 1 amide bonds. The maximum Gasteiger partial charge on any atom is 0.231 e. The Morgan fingerprint density at radius 2 is 1.97 bits per heavy atom. The van der Waals surface area contributed by atoms with Gasteiger partial charge in [-0.15, -0.1) is 0 Å². The van der Waals surface area contributed by atoms with E-state index in [4.69, 9.17) is 16.3 Å². The largest absolute Gasteiger partial charge is 0.381 e. The Labute approximate surface area is 173 Å². The summed E-state index contributed by atoms with van der Waals surface area (Å²) in [5, 5.41) is 8.02. The van der Waals surface area contributed by atoms with Crippen LogP contribution in [-0.4, -0.2) is 28.9 Å². The van der Waals surface area contributed by atoms with Crippen molar-refractivity contribution in [3.05, 3.63) is 82.9 Å². The second kappa shape index (κ2) is 8.35. The van der Waals surface area contributed by atoms with Crippen LogP contribution < -0.4 is 5.32 Å². The summed E-state index contributed by atoms with van der Waals surface area (Å²) in [4.78, 5) is 13.2. The SMILES string of the molecule is O=C(NCc1cnn(-c2ccc(Cl)cc2)c1)C1(c2cccc(F)c2)CCOCC1. The van der Waals surface area contributed by atoms with Gasteiger partial charge in [0.05, 0.1) is 17.3 Å². The van der Waals surface area contributed by atoms with Crippen molar-refractivity contribution in [3.8, 4) is 5.69 Å². The molecule has 5 nitrogen and oxygen atoms in total. The molecule has 7 heteroatoms. The highest BCUT2D eigenvalue weighted by Gasteiger charge is 2.41. The van der Waals surface area contributed by atoms with E-state index in [1.165, 1.54) is 12.1 Å². The second-order valence-corrected chi connectivity index (χ2v) is 7.59. The summed E-state index contributed by atoms with van der Waals surface area (Å²) in [5.74, 6) is -0.462. The minimum Gasteiger partial charge on any atom is -0.381 e. The smallest absolute Gasteiger partial charge is 0.231 e. The summed E-state index contributed by atoms with van der Waals surface area (Å²) in [5.41, 5.74) is 1.66. The van der Waals surface area contributed by atoms with E-state index in [1.807, 2.05) is 24.4 Å². The molecule has 0 radical (unpaired) electrons. The van der Waals surface area contributed by atoms with Crippen molar-refractivity contribution in [3.63, 3.8) is 0 Å². The average Bonchev–Trinajstić information content (AvgIpc) is 3.22. The average molecular weight is 414 g/mol. The maximum atomic E-state index is 13.8. The van der Waals surface area contributed by atoms with Gasteiger partial charge in [0.15, 0.2) is 0 Å². The highest BCUT2D eigenvalue weighted by Crippen LogP contribution is 2.35. The van der Waals surface area contributed by atoms with Crippen LogP contribution in [0, 0.1) is 5.82 Å². The first-order valence-electron chi connectivity index (χ1n) is 9.48. The maximum absolute atomic E-state index is 13.8. The van der Waals surface area contributed by atoms with Crippen molar-refractivity contribution in [1.82, 2.24) is 15.1 Å². The number of ether oxygens (including phenoxy) is 1. The Morgan fingerprint density at radius 1 is 1.21 bits per heavy atom. The third-order valence-electron chi connectivity index (χ3n) is 5.34. The van der Waals surface area contributed by atoms with Gasteiger partial charge in [-0.25, -0.2) is 9.07 Å². The first-order chi connectivity index (χ1) is 14.1. The number of benzene rings is 2. The predicted octanol–water partition coefficient (Wildman–Crippen LogP) is 4.03. The fraction of sp³-hybridized carbons (Fsp3) is 0.273. The molecule has 0 spiro atoms. The monoisotopic (exact) mass is 413 g/mol. The van der Waals surface area contributed by atoms with Crippen LogP contribution in [0.15, 0.2) is 60.9 Å². The third-order valence-corrected chi connectivity index (χ3v) is 5.59. The highest BCUT2D eigenvalue weighted by atomic mass is 35.5. The van der Waals surface area contributed by atoms with E-state index in [9.17, 15) is 9.18 Å². The predicted molar refractivity (Wildman–Crippen MR) is 109 cm³/mol. The zero-order chi connectivity index (χ0) is 20.3. The van der Waals surface area contributed by atoms with Gasteiger partial charge in [-0.05, 0) is 54.8 Å². The molecule has 1 aromatic heterocycles. The molecule has 1 aliphatic heterocycles. The molecule has 1 aliphatic rings. The number of halogens is 2. The van der Waals surface area contributed by atoms with Gasteiger partial charge in [0.25, 0.3) is 0 Å². The van der Waals surface area contributed by atoms with Crippen LogP contribution in [0.1, 0.15) is 24.0 Å². The van der Waals surface area contributed by atoms with E-state index in [0.29, 0.717) is 43.2 Å². The first kappa shape index (κ1) is 19.6. The van der Waals surface area contributed by atoms with Crippen molar-refractivity contribution in [2.24, 2.45) is 0 Å². The number of carbonyl (C=O) groups is 1. The van der Waals surface area contributed by atoms with Crippen LogP contribution in [-0.2, 0) is 21.5 Å². The minimum atomic E-state index is -0.785. The van der Waals surface area contributed by atoms with Gasteiger partial charge < -0.3 is 10.1 Å². The van der Waals surface area contributed by atoms with Crippen LogP contribution in [0.5, 0.6) is 0 Å². The van der Waals surface area contributed by atoms with Crippen LogP contribution >= 0.6 is 11.6 Å². The van der Waals surface area contributed by atoms with Gasteiger partial charge >= 0.3 is 0 Å². The number of aromatic nitrogens is 2. The van der Waals surface area contributed by atoms with Gasteiger partial charge in [0.2, 0.25) is 5.91 Å². The lowest BCUT2D eigenvalue weighted by molar-refractivity contribution is -0.130. The van der Waals surface area contributed by atoms with E-state index in [2.05, 4.69) is 10.4 Å². The number of nitrogens with one attached hydrogen (secondary N) is 1. The van der Waals surface area contributed by atoms with E-state index in [0.717, 1.165) is 11.3 Å². The van der Waals surface area contributed by atoms with Crippen LogP contribution in [0.4, 0.5) is 4.39 Å². The normalized spacial score (nSPS) is 15.8. The molecule has 2 heterocycles. The summed E-state index contributed by atoms with van der Waals surface area (Å²) < 4.78 is 21.0. The van der Waals surface area contributed by atoms with Gasteiger partial charge in [-0.3, -0.25) is 4.79 Å². The lowest BCUT2D eigenvalue weighted by Gasteiger charge is -2.36. The highest BCUT2D eigenvalue weighted by molar-refractivity contribution is 6.30. The molecule has 150 valence electrons. The van der Waals surface area contributed by atoms with Gasteiger partial charge in [0, 0.05) is 36.5 Å². The molecule has 29 heavy (non-hydrogen) atoms. The summed E-state index contributed by atoms with van der Waals surface area (Å²) in [6, 6.07) is 13.6. The summed E-state index contributed by atoms with van der Waals surface area (Å²) >= 11 is 5.93. The van der Waals surface area contributed by atoms with E-state index < -0.39 is 5.41 Å². The minimum absolute atomic E-state index is 0.120. The van der Waals surface area contributed by atoms with Crippen LogP contribution in [0.3, 0.4) is 0 Å². The van der Waals surface area contributed by atoms with Gasteiger partial charge in [-0.1, -0.05) is 23.7 Å². The number of rotatable bonds is 5. The molecule has 0 atom stereocenters. The summed E-state index contributed by atoms with van der Waals surface area (Å²) in [6.45, 7) is 1.28. The molecule has 0 unspecified atom stereocenters. The molecule has 0 bridgehead atoms. The van der Waals surface area contributed by atoms with Crippen molar-refractivity contribution >= 4 is 17.5 Å². The molecule has 1 saturated heterocycles. The Bertz CT molecular complexity index is 997. The molecule has 1 fully saturated rings. The Morgan fingerprint density at radius 3 is 2.69 bits per heavy atom. The Kier molecular flexibility index (Phi) is 5.65. The van der Waals surface area contributed by atoms with Crippen LogP contribution in [0.25, 0.3) is 5.69 Å². The summed E-state index contributed by atoms with van der Waals surface area (Å²) in [6.07, 6.45) is 4.62. The first-order valence-corrected chi connectivity index (χ1v) is 9.86. The quantitative estimate of drug-likeness (QED) is 0.687. The molecule has 0 saturated carbocycles. The van der Waals surface area contributed by atoms with Crippen molar-refractivity contribution in [1.29, 1.82) is 0 Å². The molecule has 3 aromatic rings. The van der Waals surface area contributed by atoms with Crippen molar-refractivity contribution in [2.75, 3.05) is 13.2 Å². The number of hydrogen-bond acceptors (Lipinski definition) is 3.